The third-order valence-corrected chi connectivity index (χ3v) is 5.48. The van der Waals surface area contributed by atoms with Gasteiger partial charge in [-0.15, -0.1) is 0 Å². The number of carbonyl (C=O) groups is 1. The maximum atomic E-state index is 11.9. The Morgan fingerprint density at radius 2 is 1.32 bits per heavy atom. The van der Waals surface area contributed by atoms with Crippen LogP contribution in [-0.2, 0) is 9.53 Å². The van der Waals surface area contributed by atoms with Gasteiger partial charge >= 0.3 is 0 Å². The average molecular weight is 401 g/mol. The van der Waals surface area contributed by atoms with Crippen molar-refractivity contribution in [1.82, 2.24) is 5.32 Å². The van der Waals surface area contributed by atoms with Crippen molar-refractivity contribution in [2.75, 3.05) is 6.54 Å². The normalized spacial score (nSPS) is 25.0. The van der Waals surface area contributed by atoms with E-state index >= 15 is 0 Å². The van der Waals surface area contributed by atoms with Crippen LogP contribution in [0.5, 0.6) is 0 Å². The van der Waals surface area contributed by atoms with Crippen LogP contribution in [0.15, 0.2) is 0 Å². The molecule has 1 heterocycles. The Morgan fingerprint density at radius 1 is 0.821 bits per heavy atom. The number of rotatable bonds is 16. The standard InChI is InChI=1S/C22H42NO5/c1-2-3-4-5-6-7-8-9-10-11-12-13-14-15-20(25)23-16-19-22(27)21(26)18(24)17-28-19/h17-19,21-22,24,26-27H,2-16H2,1H3,(H,23,25)/t18-,19+,21+,22-/m0/s1. The van der Waals surface area contributed by atoms with Crippen LogP contribution in [0, 0.1) is 6.61 Å². The molecule has 0 bridgehead atoms. The van der Waals surface area contributed by atoms with Crippen LogP contribution in [0.4, 0.5) is 0 Å². The topological polar surface area (TPSA) is 99.0 Å². The van der Waals surface area contributed by atoms with Crippen LogP contribution in [0.1, 0.15) is 96.8 Å². The minimum atomic E-state index is -1.28. The van der Waals surface area contributed by atoms with Gasteiger partial charge in [-0.2, -0.15) is 0 Å². The van der Waals surface area contributed by atoms with Crippen molar-refractivity contribution in [2.24, 2.45) is 0 Å². The Morgan fingerprint density at radius 3 is 1.86 bits per heavy atom. The van der Waals surface area contributed by atoms with Crippen LogP contribution >= 0.6 is 0 Å². The number of aliphatic hydroxyl groups is 3. The Bertz CT molecular complexity index is 393. The van der Waals surface area contributed by atoms with E-state index in [4.69, 9.17) is 4.74 Å². The lowest BCUT2D eigenvalue weighted by molar-refractivity contribution is -0.160. The van der Waals surface area contributed by atoms with Gasteiger partial charge in [0.05, 0.1) is 0 Å². The quantitative estimate of drug-likeness (QED) is 0.298. The van der Waals surface area contributed by atoms with Crippen molar-refractivity contribution in [3.05, 3.63) is 6.61 Å². The summed E-state index contributed by atoms with van der Waals surface area (Å²) in [5, 5.41) is 31.5. The third-order valence-electron chi connectivity index (χ3n) is 5.48. The predicted molar refractivity (Wildman–Crippen MR) is 111 cm³/mol. The van der Waals surface area contributed by atoms with Gasteiger partial charge in [0.25, 0.3) is 0 Å². The monoisotopic (exact) mass is 400 g/mol. The minimum absolute atomic E-state index is 0.0699. The van der Waals surface area contributed by atoms with E-state index in [0.717, 1.165) is 19.4 Å². The van der Waals surface area contributed by atoms with Crippen molar-refractivity contribution in [3.63, 3.8) is 0 Å². The minimum Gasteiger partial charge on any atom is -0.388 e. The van der Waals surface area contributed by atoms with Crippen LogP contribution < -0.4 is 5.32 Å². The van der Waals surface area contributed by atoms with Gasteiger partial charge in [0.15, 0.2) is 0 Å². The molecule has 165 valence electrons. The molecule has 6 nitrogen and oxygen atoms in total. The average Bonchev–Trinajstić information content (AvgIpc) is 2.69. The van der Waals surface area contributed by atoms with E-state index in [2.05, 4.69) is 12.2 Å². The number of ether oxygens (including phenoxy) is 1. The highest BCUT2D eigenvalue weighted by atomic mass is 16.5. The summed E-state index contributed by atoms with van der Waals surface area (Å²) in [5.74, 6) is -0.0699. The molecule has 28 heavy (non-hydrogen) atoms. The molecule has 1 aliphatic rings. The fourth-order valence-corrected chi connectivity index (χ4v) is 3.54. The fraction of sp³-hybridized carbons (Fsp3) is 0.909. The third kappa shape index (κ3) is 11.3. The Hall–Kier alpha value is -0.690. The van der Waals surface area contributed by atoms with Gasteiger partial charge < -0.3 is 25.4 Å². The van der Waals surface area contributed by atoms with Gasteiger partial charge in [0.1, 0.15) is 31.0 Å². The molecule has 0 unspecified atom stereocenters. The predicted octanol–water partition coefficient (Wildman–Crippen LogP) is 3.23. The van der Waals surface area contributed by atoms with Crippen LogP contribution in [0.2, 0.25) is 0 Å². The lowest BCUT2D eigenvalue weighted by Gasteiger charge is -2.34. The molecule has 6 heteroatoms. The highest BCUT2D eigenvalue weighted by Gasteiger charge is 2.37. The molecular weight excluding hydrogens is 358 g/mol. The smallest absolute Gasteiger partial charge is 0.220 e. The first-order valence-corrected chi connectivity index (χ1v) is 11.4. The first-order valence-electron chi connectivity index (χ1n) is 11.4. The van der Waals surface area contributed by atoms with Gasteiger partial charge in [0.2, 0.25) is 5.91 Å². The van der Waals surface area contributed by atoms with Crippen molar-refractivity contribution < 1.29 is 24.9 Å². The number of hydrogen-bond donors (Lipinski definition) is 4. The van der Waals surface area contributed by atoms with Crippen LogP contribution in [0.3, 0.4) is 0 Å². The summed E-state index contributed by atoms with van der Waals surface area (Å²) in [4.78, 5) is 11.9. The second-order valence-electron chi connectivity index (χ2n) is 8.08. The molecule has 4 N–H and O–H groups in total. The molecule has 0 aromatic carbocycles. The molecule has 0 aromatic heterocycles. The number of nitrogens with one attached hydrogen (secondary N) is 1. The van der Waals surface area contributed by atoms with Gasteiger partial charge in [-0.25, -0.2) is 0 Å². The second kappa shape index (κ2) is 16.1. The Kier molecular flexibility index (Phi) is 14.6. The lowest BCUT2D eigenvalue weighted by Crippen LogP contribution is -2.54. The van der Waals surface area contributed by atoms with Gasteiger partial charge in [-0.05, 0) is 6.42 Å². The van der Waals surface area contributed by atoms with E-state index in [-0.39, 0.29) is 12.5 Å². The summed E-state index contributed by atoms with van der Waals surface area (Å²) >= 11 is 0. The summed E-state index contributed by atoms with van der Waals surface area (Å²) in [6, 6.07) is 0. The molecule has 1 saturated heterocycles. The van der Waals surface area contributed by atoms with Crippen molar-refractivity contribution >= 4 is 5.91 Å². The van der Waals surface area contributed by atoms with Crippen LogP contribution in [0.25, 0.3) is 0 Å². The second-order valence-corrected chi connectivity index (χ2v) is 8.08. The van der Waals surface area contributed by atoms with Crippen molar-refractivity contribution in [3.8, 4) is 0 Å². The SMILES string of the molecule is CCCCCCCCCCCCCCCC(=O)NC[C@H]1O[CH][C@H](O)[C@@H](O)[C@H]1O. The van der Waals surface area contributed by atoms with Crippen molar-refractivity contribution in [2.45, 2.75) is 121 Å². The highest BCUT2D eigenvalue weighted by Crippen LogP contribution is 2.18. The van der Waals surface area contributed by atoms with Gasteiger partial charge in [-0.3, -0.25) is 4.79 Å². The summed E-state index contributed by atoms with van der Waals surface area (Å²) in [5.41, 5.74) is 0. The summed E-state index contributed by atoms with van der Waals surface area (Å²) < 4.78 is 5.15. The summed E-state index contributed by atoms with van der Waals surface area (Å²) in [6.45, 7) is 3.47. The molecule has 0 aromatic rings. The molecule has 0 spiro atoms. The maximum Gasteiger partial charge on any atom is 0.220 e. The van der Waals surface area contributed by atoms with E-state index in [1.165, 1.54) is 70.6 Å². The molecule has 0 saturated carbocycles. The zero-order valence-corrected chi connectivity index (χ0v) is 17.7. The zero-order valence-electron chi connectivity index (χ0n) is 17.7. The summed E-state index contributed by atoms with van der Waals surface area (Å²) in [6.07, 6.45) is 12.6. The van der Waals surface area contributed by atoms with E-state index in [1.807, 2.05) is 0 Å². The van der Waals surface area contributed by atoms with E-state index in [9.17, 15) is 20.1 Å². The van der Waals surface area contributed by atoms with E-state index in [1.54, 1.807) is 0 Å². The van der Waals surface area contributed by atoms with E-state index in [0.29, 0.717) is 6.42 Å². The van der Waals surface area contributed by atoms with E-state index < -0.39 is 24.4 Å². The Balaban J connectivity index is 1.88. The number of hydrogen-bond acceptors (Lipinski definition) is 5. The molecule has 1 rings (SSSR count). The highest BCUT2D eigenvalue weighted by molar-refractivity contribution is 5.75. The lowest BCUT2D eigenvalue weighted by atomic mass is 10.00. The first-order chi connectivity index (χ1) is 13.6. The molecule has 1 aliphatic heterocycles. The number of carbonyl (C=O) groups excluding carboxylic acids is 1. The molecule has 1 radical (unpaired) electrons. The molecule has 4 atom stereocenters. The fourth-order valence-electron chi connectivity index (χ4n) is 3.54. The Labute approximate surface area is 171 Å². The van der Waals surface area contributed by atoms with Crippen LogP contribution in [-0.4, -0.2) is 52.2 Å². The molecule has 0 aliphatic carbocycles. The van der Waals surface area contributed by atoms with Gasteiger partial charge in [0, 0.05) is 13.0 Å². The maximum absolute atomic E-state index is 11.9. The zero-order chi connectivity index (χ0) is 20.6. The first kappa shape index (κ1) is 25.3. The number of amides is 1. The number of unbranched alkanes of at least 4 members (excludes halogenated alkanes) is 12. The molecular formula is C22H42NO5. The van der Waals surface area contributed by atoms with Crippen molar-refractivity contribution in [1.29, 1.82) is 0 Å². The van der Waals surface area contributed by atoms with Gasteiger partial charge in [-0.1, -0.05) is 84.0 Å². The summed E-state index contributed by atoms with van der Waals surface area (Å²) in [7, 11) is 0. The largest absolute Gasteiger partial charge is 0.388 e. The molecule has 1 fully saturated rings. The number of aliphatic hydroxyl groups excluding tert-OH is 3. The molecule has 1 amide bonds.